The third-order valence-electron chi connectivity index (χ3n) is 4.40. The van der Waals surface area contributed by atoms with Crippen LogP contribution in [0.3, 0.4) is 0 Å². The molecule has 1 N–H and O–H groups in total. The number of hydrogen-bond acceptors (Lipinski definition) is 8. The number of alkyl halides is 3. The van der Waals surface area contributed by atoms with E-state index < -0.39 is 21.6 Å². The van der Waals surface area contributed by atoms with Crippen LogP contribution in [0.15, 0.2) is 46.4 Å². The maximum Gasteiger partial charge on any atom is 0.416 e. The standard InChI is InChI=1S/C19H20ClF3N4O4S/c1-4-26-18(24-25-27(26)5-2)31-16-8-6-12(19(21,22)23)10-17(16)30-15-9-7-13(11-14(15)20)32(3,28)29/h6-11,25H,4-5H2,1-3H3. The summed E-state index contributed by atoms with van der Waals surface area (Å²) in [6, 6.07) is 6.51. The van der Waals surface area contributed by atoms with Crippen molar-refractivity contribution in [2.75, 3.05) is 19.3 Å². The zero-order valence-electron chi connectivity index (χ0n) is 17.3. The third kappa shape index (κ3) is 5.19. The van der Waals surface area contributed by atoms with Crippen LogP contribution in [0.2, 0.25) is 5.02 Å². The molecule has 0 radical (unpaired) electrons. The largest absolute Gasteiger partial charge is 0.452 e. The van der Waals surface area contributed by atoms with E-state index in [-0.39, 0.29) is 33.2 Å². The second-order valence-electron chi connectivity index (χ2n) is 6.65. The molecule has 0 unspecified atom stereocenters. The molecule has 0 amide bonds. The second-order valence-corrected chi connectivity index (χ2v) is 9.08. The molecular formula is C19H20ClF3N4O4S. The first kappa shape index (κ1) is 24.0. The molecule has 174 valence electrons. The fraction of sp³-hybridized carbons (Fsp3) is 0.316. The van der Waals surface area contributed by atoms with E-state index in [4.69, 9.17) is 21.1 Å². The molecule has 0 saturated heterocycles. The maximum absolute atomic E-state index is 13.3. The zero-order valence-corrected chi connectivity index (χ0v) is 18.8. The minimum absolute atomic E-state index is 0.0433. The van der Waals surface area contributed by atoms with Crippen molar-refractivity contribution in [3.05, 3.63) is 47.0 Å². The van der Waals surface area contributed by atoms with Gasteiger partial charge in [-0.15, -0.1) is 10.2 Å². The SMILES string of the molecule is CCN1NN=C(Oc2ccc(C(F)(F)F)cc2Oc2ccc(S(C)(=O)=O)cc2Cl)N1CC. The second kappa shape index (κ2) is 9.04. The molecular weight excluding hydrogens is 473 g/mol. The average molecular weight is 493 g/mol. The summed E-state index contributed by atoms with van der Waals surface area (Å²) >= 11 is 6.12. The quantitative estimate of drug-likeness (QED) is 0.644. The zero-order chi connectivity index (χ0) is 23.7. The number of halogens is 4. The van der Waals surface area contributed by atoms with Gasteiger partial charge in [0.15, 0.2) is 21.3 Å². The summed E-state index contributed by atoms with van der Waals surface area (Å²) in [6.45, 7) is 4.77. The lowest BCUT2D eigenvalue weighted by Gasteiger charge is -2.26. The fourth-order valence-electron chi connectivity index (χ4n) is 2.80. The van der Waals surface area contributed by atoms with Gasteiger partial charge in [-0.2, -0.15) is 13.2 Å². The van der Waals surface area contributed by atoms with Crippen molar-refractivity contribution in [3.63, 3.8) is 0 Å². The van der Waals surface area contributed by atoms with Gasteiger partial charge in [0.05, 0.1) is 15.5 Å². The Morgan fingerprint density at radius 3 is 2.28 bits per heavy atom. The molecule has 0 fully saturated rings. The summed E-state index contributed by atoms with van der Waals surface area (Å²) in [5.41, 5.74) is 1.77. The summed E-state index contributed by atoms with van der Waals surface area (Å²) in [5, 5.41) is 7.24. The van der Waals surface area contributed by atoms with Gasteiger partial charge in [-0.1, -0.05) is 11.6 Å². The van der Waals surface area contributed by atoms with Crippen LogP contribution in [0.5, 0.6) is 17.2 Å². The summed E-state index contributed by atoms with van der Waals surface area (Å²) in [4.78, 5) is -0.0556. The van der Waals surface area contributed by atoms with Crippen LogP contribution >= 0.6 is 11.6 Å². The first-order valence-electron chi connectivity index (χ1n) is 9.39. The number of nitrogens with zero attached hydrogens (tertiary/aromatic N) is 3. The number of rotatable bonds is 6. The molecule has 1 aliphatic rings. The molecule has 0 bridgehead atoms. The van der Waals surface area contributed by atoms with Crippen LogP contribution < -0.4 is 15.0 Å². The van der Waals surface area contributed by atoms with Gasteiger partial charge < -0.3 is 9.47 Å². The molecule has 2 aromatic rings. The summed E-state index contributed by atoms with van der Waals surface area (Å²) in [5.74, 6) is -0.363. The predicted molar refractivity (Wildman–Crippen MR) is 112 cm³/mol. The van der Waals surface area contributed by atoms with Crippen molar-refractivity contribution in [3.8, 4) is 17.2 Å². The highest BCUT2D eigenvalue weighted by atomic mass is 35.5. The van der Waals surface area contributed by atoms with E-state index in [1.54, 1.807) is 10.1 Å². The van der Waals surface area contributed by atoms with Gasteiger partial charge in [0.25, 0.3) is 0 Å². The molecule has 13 heteroatoms. The van der Waals surface area contributed by atoms with Gasteiger partial charge in [-0.3, -0.25) is 0 Å². The molecule has 0 spiro atoms. The van der Waals surface area contributed by atoms with E-state index in [1.165, 1.54) is 12.1 Å². The van der Waals surface area contributed by atoms with Crippen molar-refractivity contribution in [1.82, 2.24) is 15.7 Å². The molecule has 8 nitrogen and oxygen atoms in total. The van der Waals surface area contributed by atoms with Gasteiger partial charge in [0, 0.05) is 19.3 Å². The van der Waals surface area contributed by atoms with Gasteiger partial charge in [-0.05, 0) is 50.2 Å². The fourth-order valence-corrected chi connectivity index (χ4v) is 3.73. The summed E-state index contributed by atoms with van der Waals surface area (Å²) in [6.07, 6.45) is -3.62. The molecule has 3 rings (SSSR count). The first-order chi connectivity index (χ1) is 14.9. The number of amidine groups is 1. The first-order valence-corrected chi connectivity index (χ1v) is 11.7. The number of benzene rings is 2. The lowest BCUT2D eigenvalue weighted by atomic mass is 10.2. The minimum Gasteiger partial charge on any atom is -0.452 e. The van der Waals surface area contributed by atoms with E-state index in [0.29, 0.717) is 13.1 Å². The monoisotopic (exact) mass is 492 g/mol. The van der Waals surface area contributed by atoms with Crippen molar-refractivity contribution < 1.29 is 31.1 Å². The summed E-state index contributed by atoms with van der Waals surface area (Å²) < 4.78 is 74.6. The van der Waals surface area contributed by atoms with Crippen LogP contribution in [-0.4, -0.2) is 43.9 Å². The molecule has 2 aromatic carbocycles. The van der Waals surface area contributed by atoms with E-state index in [2.05, 4.69) is 10.6 Å². The van der Waals surface area contributed by atoms with Crippen molar-refractivity contribution in [2.45, 2.75) is 24.9 Å². The molecule has 32 heavy (non-hydrogen) atoms. The van der Waals surface area contributed by atoms with E-state index in [0.717, 1.165) is 30.5 Å². The smallest absolute Gasteiger partial charge is 0.416 e. The normalized spacial score (nSPS) is 14.8. The van der Waals surface area contributed by atoms with Gasteiger partial charge >= 0.3 is 12.2 Å². The average Bonchev–Trinajstić information content (AvgIpc) is 3.10. The van der Waals surface area contributed by atoms with E-state index in [9.17, 15) is 21.6 Å². The number of hydrazone groups is 1. The molecule has 0 saturated carbocycles. The minimum atomic E-state index is -4.62. The third-order valence-corrected chi connectivity index (χ3v) is 5.80. The molecule has 1 aliphatic heterocycles. The Hall–Kier alpha value is -2.70. The Morgan fingerprint density at radius 1 is 1.03 bits per heavy atom. The van der Waals surface area contributed by atoms with Crippen LogP contribution in [0, 0.1) is 0 Å². The van der Waals surface area contributed by atoms with Crippen molar-refractivity contribution in [1.29, 1.82) is 0 Å². The highest BCUT2D eigenvalue weighted by Crippen LogP contribution is 2.40. The topological polar surface area (TPSA) is 83.5 Å². The predicted octanol–water partition coefficient (Wildman–Crippen LogP) is 4.28. The lowest BCUT2D eigenvalue weighted by Crippen LogP contribution is -2.46. The molecule has 0 atom stereocenters. The van der Waals surface area contributed by atoms with Crippen LogP contribution in [0.4, 0.5) is 13.2 Å². The number of hydrogen-bond donors (Lipinski definition) is 1. The number of nitrogens with one attached hydrogen (secondary N) is 1. The Balaban J connectivity index is 1.98. The van der Waals surface area contributed by atoms with Crippen molar-refractivity contribution >= 4 is 27.5 Å². The van der Waals surface area contributed by atoms with Crippen LogP contribution in [0.25, 0.3) is 0 Å². The van der Waals surface area contributed by atoms with Crippen LogP contribution in [0.1, 0.15) is 19.4 Å². The highest BCUT2D eigenvalue weighted by Gasteiger charge is 2.33. The van der Waals surface area contributed by atoms with Crippen molar-refractivity contribution in [2.24, 2.45) is 5.10 Å². The Labute approximate surface area is 188 Å². The van der Waals surface area contributed by atoms with E-state index in [1.807, 2.05) is 13.8 Å². The highest BCUT2D eigenvalue weighted by molar-refractivity contribution is 7.90. The van der Waals surface area contributed by atoms with Crippen LogP contribution in [-0.2, 0) is 16.0 Å². The lowest BCUT2D eigenvalue weighted by molar-refractivity contribution is -0.137. The molecule has 1 heterocycles. The number of ether oxygens (including phenoxy) is 2. The van der Waals surface area contributed by atoms with E-state index >= 15 is 0 Å². The summed E-state index contributed by atoms with van der Waals surface area (Å²) in [7, 11) is -3.53. The Morgan fingerprint density at radius 2 is 1.72 bits per heavy atom. The molecule has 0 aromatic heterocycles. The Bertz CT molecular complexity index is 1140. The maximum atomic E-state index is 13.3. The number of sulfone groups is 1. The Kier molecular flexibility index (Phi) is 6.77. The number of hydrazine groups is 2. The van der Waals surface area contributed by atoms with Gasteiger partial charge in [0.1, 0.15) is 5.75 Å². The van der Waals surface area contributed by atoms with Gasteiger partial charge in [0.2, 0.25) is 0 Å². The molecule has 0 aliphatic carbocycles. The van der Waals surface area contributed by atoms with Gasteiger partial charge in [-0.25, -0.2) is 19.0 Å².